The zero-order valence-corrected chi connectivity index (χ0v) is 12.2. The van der Waals surface area contributed by atoms with Gasteiger partial charge >= 0.3 is 0 Å². The molecule has 0 aliphatic carbocycles. The Morgan fingerprint density at radius 1 is 1.26 bits per heavy atom. The van der Waals surface area contributed by atoms with Crippen LogP contribution in [-0.2, 0) is 4.79 Å². The van der Waals surface area contributed by atoms with Crippen LogP contribution < -0.4 is 0 Å². The molecule has 1 aromatic rings. The van der Waals surface area contributed by atoms with E-state index in [1.165, 1.54) is 11.3 Å². The summed E-state index contributed by atoms with van der Waals surface area (Å²) in [5.41, 5.74) is 0. The maximum Gasteiger partial charge on any atom is 0.264 e. The summed E-state index contributed by atoms with van der Waals surface area (Å²) in [6.07, 6.45) is 0. The summed E-state index contributed by atoms with van der Waals surface area (Å²) in [4.78, 5) is 30.1. The molecule has 6 heteroatoms. The summed E-state index contributed by atoms with van der Waals surface area (Å²) in [6, 6.07) is 3.75. The topological polar surface area (TPSA) is 43.9 Å². The average molecular weight is 281 g/mol. The number of piperazine rings is 1. The Hall–Kier alpha value is -1.40. The molecule has 104 valence electrons. The van der Waals surface area contributed by atoms with Gasteiger partial charge in [0.15, 0.2) is 0 Å². The fraction of sp³-hybridized carbons (Fsp3) is 0.538. The highest BCUT2D eigenvalue weighted by Gasteiger charge is 2.23. The van der Waals surface area contributed by atoms with Crippen LogP contribution in [-0.4, -0.2) is 73.3 Å². The van der Waals surface area contributed by atoms with Gasteiger partial charge in [-0.05, 0) is 11.4 Å². The molecule has 1 saturated heterocycles. The van der Waals surface area contributed by atoms with Crippen molar-refractivity contribution < 1.29 is 9.59 Å². The number of amides is 2. The lowest BCUT2D eigenvalue weighted by Gasteiger charge is -2.34. The van der Waals surface area contributed by atoms with Gasteiger partial charge in [-0.25, -0.2) is 0 Å². The number of rotatable bonds is 3. The number of carbonyl (C=O) groups is 2. The zero-order chi connectivity index (χ0) is 13.8. The minimum Gasteiger partial charge on any atom is -0.348 e. The summed E-state index contributed by atoms with van der Waals surface area (Å²) in [5.74, 6) is 0.214. The number of hydrogen-bond donors (Lipinski definition) is 0. The molecule has 1 aliphatic heterocycles. The number of carbonyl (C=O) groups excluding carboxylic acids is 2. The van der Waals surface area contributed by atoms with Crippen molar-refractivity contribution >= 4 is 23.2 Å². The molecule has 2 rings (SSSR count). The average Bonchev–Trinajstić information content (AvgIpc) is 2.92. The second-order valence-corrected chi connectivity index (χ2v) is 5.78. The minimum atomic E-state index is 0.105. The van der Waals surface area contributed by atoms with Crippen molar-refractivity contribution in [3.63, 3.8) is 0 Å². The molecule has 0 atom stereocenters. The first kappa shape index (κ1) is 14.0. The number of thiophene rings is 1. The standard InChI is InChI=1S/C13H19N3O2S/c1-14(2)12(17)10-15-5-7-16(8-6-15)13(18)11-4-3-9-19-11/h3-4,9H,5-8,10H2,1-2H3. The molecule has 0 bridgehead atoms. The van der Waals surface area contributed by atoms with Crippen LogP contribution in [0.1, 0.15) is 9.67 Å². The number of likely N-dealkylation sites (N-methyl/N-ethyl adjacent to an activating group) is 1. The van der Waals surface area contributed by atoms with Gasteiger partial charge in [-0.1, -0.05) is 6.07 Å². The van der Waals surface area contributed by atoms with Gasteiger partial charge in [-0.15, -0.1) is 11.3 Å². The van der Waals surface area contributed by atoms with E-state index in [-0.39, 0.29) is 11.8 Å². The van der Waals surface area contributed by atoms with E-state index in [0.717, 1.165) is 18.0 Å². The molecular weight excluding hydrogens is 262 g/mol. The lowest BCUT2D eigenvalue weighted by atomic mass is 10.3. The minimum absolute atomic E-state index is 0.105. The maximum atomic E-state index is 12.1. The van der Waals surface area contributed by atoms with E-state index < -0.39 is 0 Å². The monoisotopic (exact) mass is 281 g/mol. The number of nitrogens with zero attached hydrogens (tertiary/aromatic N) is 3. The highest BCUT2D eigenvalue weighted by molar-refractivity contribution is 7.12. The Bertz CT molecular complexity index is 437. The molecule has 2 amide bonds. The Morgan fingerprint density at radius 2 is 1.95 bits per heavy atom. The van der Waals surface area contributed by atoms with Gasteiger partial charge in [-0.2, -0.15) is 0 Å². The van der Waals surface area contributed by atoms with E-state index in [0.29, 0.717) is 19.6 Å². The quantitative estimate of drug-likeness (QED) is 0.815. The van der Waals surface area contributed by atoms with Crippen molar-refractivity contribution in [1.82, 2.24) is 14.7 Å². The first-order chi connectivity index (χ1) is 9.08. The van der Waals surface area contributed by atoms with E-state index in [2.05, 4.69) is 4.90 Å². The van der Waals surface area contributed by atoms with Crippen LogP contribution in [0.2, 0.25) is 0 Å². The van der Waals surface area contributed by atoms with Crippen molar-refractivity contribution in [2.45, 2.75) is 0 Å². The third kappa shape index (κ3) is 3.54. The van der Waals surface area contributed by atoms with Gasteiger partial charge in [0.1, 0.15) is 0 Å². The molecule has 1 aliphatic rings. The molecule has 1 fully saturated rings. The molecule has 19 heavy (non-hydrogen) atoms. The molecule has 0 N–H and O–H groups in total. The summed E-state index contributed by atoms with van der Waals surface area (Å²) in [5, 5.41) is 1.92. The molecule has 0 saturated carbocycles. The molecule has 0 aromatic carbocycles. The van der Waals surface area contributed by atoms with Gasteiger partial charge in [0, 0.05) is 40.3 Å². The normalized spacial score (nSPS) is 16.4. The van der Waals surface area contributed by atoms with Gasteiger partial charge in [-0.3, -0.25) is 14.5 Å². The van der Waals surface area contributed by atoms with Crippen LogP contribution in [0.5, 0.6) is 0 Å². The first-order valence-corrected chi connectivity index (χ1v) is 7.21. The van der Waals surface area contributed by atoms with Gasteiger partial charge in [0.05, 0.1) is 11.4 Å². The van der Waals surface area contributed by atoms with Crippen LogP contribution in [0.4, 0.5) is 0 Å². The van der Waals surface area contributed by atoms with Crippen LogP contribution in [0.3, 0.4) is 0 Å². The summed E-state index contributed by atoms with van der Waals surface area (Å²) in [7, 11) is 3.53. The molecule has 1 aromatic heterocycles. The Balaban J connectivity index is 1.82. The second-order valence-electron chi connectivity index (χ2n) is 4.83. The van der Waals surface area contributed by atoms with Gasteiger partial charge < -0.3 is 9.80 Å². The summed E-state index contributed by atoms with van der Waals surface area (Å²) < 4.78 is 0. The van der Waals surface area contributed by atoms with Crippen LogP contribution >= 0.6 is 11.3 Å². The predicted molar refractivity (Wildman–Crippen MR) is 75.4 cm³/mol. The van der Waals surface area contributed by atoms with Crippen molar-refractivity contribution in [2.75, 3.05) is 46.8 Å². The van der Waals surface area contributed by atoms with E-state index in [1.807, 2.05) is 22.4 Å². The molecule has 2 heterocycles. The largest absolute Gasteiger partial charge is 0.348 e. The molecular formula is C13H19N3O2S. The van der Waals surface area contributed by atoms with E-state index in [1.54, 1.807) is 19.0 Å². The lowest BCUT2D eigenvalue weighted by molar-refractivity contribution is -0.130. The highest BCUT2D eigenvalue weighted by Crippen LogP contribution is 2.13. The molecule has 5 nitrogen and oxygen atoms in total. The Morgan fingerprint density at radius 3 is 2.47 bits per heavy atom. The molecule has 0 unspecified atom stereocenters. The smallest absolute Gasteiger partial charge is 0.264 e. The van der Waals surface area contributed by atoms with Crippen LogP contribution in [0.25, 0.3) is 0 Å². The van der Waals surface area contributed by atoms with Gasteiger partial charge in [0.2, 0.25) is 5.91 Å². The zero-order valence-electron chi connectivity index (χ0n) is 11.3. The van der Waals surface area contributed by atoms with Crippen molar-refractivity contribution in [3.05, 3.63) is 22.4 Å². The van der Waals surface area contributed by atoms with E-state index >= 15 is 0 Å². The molecule has 0 radical (unpaired) electrons. The lowest BCUT2D eigenvalue weighted by Crippen LogP contribution is -2.50. The van der Waals surface area contributed by atoms with Crippen molar-refractivity contribution in [1.29, 1.82) is 0 Å². The SMILES string of the molecule is CN(C)C(=O)CN1CCN(C(=O)c2cccs2)CC1. The third-order valence-corrected chi connectivity index (χ3v) is 4.11. The van der Waals surface area contributed by atoms with Crippen molar-refractivity contribution in [2.24, 2.45) is 0 Å². The van der Waals surface area contributed by atoms with Gasteiger partial charge in [0.25, 0.3) is 5.91 Å². The summed E-state index contributed by atoms with van der Waals surface area (Å²) in [6.45, 7) is 3.34. The van der Waals surface area contributed by atoms with E-state index in [4.69, 9.17) is 0 Å². The third-order valence-electron chi connectivity index (χ3n) is 3.25. The Kier molecular flexibility index (Phi) is 4.55. The summed E-state index contributed by atoms with van der Waals surface area (Å²) >= 11 is 1.47. The maximum absolute atomic E-state index is 12.1. The van der Waals surface area contributed by atoms with E-state index in [9.17, 15) is 9.59 Å². The highest BCUT2D eigenvalue weighted by atomic mass is 32.1. The van der Waals surface area contributed by atoms with Crippen LogP contribution in [0.15, 0.2) is 17.5 Å². The fourth-order valence-corrected chi connectivity index (χ4v) is 2.69. The first-order valence-electron chi connectivity index (χ1n) is 6.33. The second kappa shape index (κ2) is 6.16. The fourth-order valence-electron chi connectivity index (χ4n) is 2.00. The molecule has 0 spiro atoms. The predicted octanol–water partition coefficient (Wildman–Crippen LogP) is 0.594. The van der Waals surface area contributed by atoms with Crippen LogP contribution in [0, 0.1) is 0 Å². The number of hydrogen-bond acceptors (Lipinski definition) is 4. The van der Waals surface area contributed by atoms with Crippen molar-refractivity contribution in [3.8, 4) is 0 Å². The Labute approximate surface area is 117 Å².